The molecule has 170 valence electrons. The smallest absolute Gasteiger partial charge is 0.257 e. The summed E-state index contributed by atoms with van der Waals surface area (Å²) in [5.41, 5.74) is 3.15. The van der Waals surface area contributed by atoms with Crippen molar-refractivity contribution in [1.29, 1.82) is 0 Å². The van der Waals surface area contributed by atoms with Gasteiger partial charge in [0.05, 0.1) is 35.9 Å². The van der Waals surface area contributed by atoms with Crippen LogP contribution >= 0.6 is 12.4 Å². The Morgan fingerprint density at radius 2 is 1.74 bits per heavy atom. The van der Waals surface area contributed by atoms with E-state index in [2.05, 4.69) is 10.00 Å². The molecule has 1 unspecified atom stereocenters. The summed E-state index contributed by atoms with van der Waals surface area (Å²) in [6, 6.07) is 7.77. The molecule has 1 atom stereocenters. The molecule has 10 heteroatoms. The van der Waals surface area contributed by atoms with Crippen molar-refractivity contribution in [3.05, 3.63) is 41.2 Å². The summed E-state index contributed by atoms with van der Waals surface area (Å²) >= 11 is 0. The first-order valence-corrected chi connectivity index (χ1v) is 12.1. The fourth-order valence-corrected chi connectivity index (χ4v) is 6.11. The Balaban J connectivity index is 0.00000272. The van der Waals surface area contributed by atoms with E-state index >= 15 is 0 Å². The molecule has 2 aliphatic heterocycles. The second kappa shape index (κ2) is 9.08. The van der Waals surface area contributed by atoms with Crippen molar-refractivity contribution in [2.45, 2.75) is 26.3 Å². The first-order chi connectivity index (χ1) is 14.3. The summed E-state index contributed by atoms with van der Waals surface area (Å²) < 4.78 is 30.7. The SMILES string of the molecule is COc1ccc(N2CCN(C(=O)c3c(C)nn(C4CCS(=O)(=O)C4)c3C)CC2)cc1.Cl. The van der Waals surface area contributed by atoms with Crippen LogP contribution in [0.4, 0.5) is 5.69 Å². The molecule has 4 rings (SSSR count). The van der Waals surface area contributed by atoms with E-state index in [0.717, 1.165) is 30.2 Å². The van der Waals surface area contributed by atoms with Crippen LogP contribution in [0.1, 0.15) is 34.2 Å². The minimum atomic E-state index is -3.01. The van der Waals surface area contributed by atoms with E-state index in [-0.39, 0.29) is 35.9 Å². The molecule has 2 fully saturated rings. The number of anilines is 1. The number of methoxy groups -OCH3 is 1. The van der Waals surface area contributed by atoms with Crippen LogP contribution in [0.2, 0.25) is 0 Å². The molecule has 1 aromatic heterocycles. The van der Waals surface area contributed by atoms with Crippen LogP contribution in [0.25, 0.3) is 0 Å². The van der Waals surface area contributed by atoms with E-state index < -0.39 is 9.84 Å². The van der Waals surface area contributed by atoms with Crippen molar-refractivity contribution >= 4 is 33.8 Å². The average Bonchev–Trinajstić information content (AvgIpc) is 3.25. The topological polar surface area (TPSA) is 84.7 Å². The van der Waals surface area contributed by atoms with Gasteiger partial charge < -0.3 is 14.5 Å². The van der Waals surface area contributed by atoms with E-state index in [1.807, 2.05) is 43.0 Å². The number of benzene rings is 1. The molecular weight excluding hydrogens is 440 g/mol. The Morgan fingerprint density at radius 3 is 2.29 bits per heavy atom. The lowest BCUT2D eigenvalue weighted by molar-refractivity contribution is 0.0745. The third-order valence-electron chi connectivity index (χ3n) is 6.10. The van der Waals surface area contributed by atoms with Crippen LogP contribution in [-0.4, -0.2) is 73.8 Å². The number of nitrogens with zero attached hydrogens (tertiary/aromatic N) is 4. The van der Waals surface area contributed by atoms with Gasteiger partial charge in [-0.3, -0.25) is 9.48 Å². The molecule has 0 spiro atoms. The molecule has 31 heavy (non-hydrogen) atoms. The van der Waals surface area contributed by atoms with Gasteiger partial charge in [0.25, 0.3) is 5.91 Å². The molecule has 0 saturated carbocycles. The molecule has 0 bridgehead atoms. The fourth-order valence-electron chi connectivity index (χ4n) is 4.42. The third-order valence-corrected chi connectivity index (χ3v) is 7.85. The molecule has 1 amide bonds. The van der Waals surface area contributed by atoms with Gasteiger partial charge in [-0.25, -0.2) is 8.42 Å². The van der Waals surface area contributed by atoms with Crippen LogP contribution < -0.4 is 9.64 Å². The number of rotatable bonds is 4. The Labute approximate surface area is 189 Å². The van der Waals surface area contributed by atoms with Gasteiger partial charge in [0.2, 0.25) is 0 Å². The number of amides is 1. The van der Waals surface area contributed by atoms with Crippen LogP contribution in [0.3, 0.4) is 0 Å². The van der Waals surface area contributed by atoms with Crippen LogP contribution in [0.15, 0.2) is 24.3 Å². The van der Waals surface area contributed by atoms with Crippen LogP contribution in [0.5, 0.6) is 5.75 Å². The molecule has 0 aliphatic carbocycles. The van der Waals surface area contributed by atoms with Crippen molar-refractivity contribution in [3.8, 4) is 5.75 Å². The summed E-state index contributed by atoms with van der Waals surface area (Å²) in [6.07, 6.45) is 0.554. The fraction of sp³-hybridized carbons (Fsp3) is 0.524. The van der Waals surface area contributed by atoms with Gasteiger partial charge in [0.1, 0.15) is 5.75 Å². The maximum atomic E-state index is 13.2. The van der Waals surface area contributed by atoms with Gasteiger partial charge in [-0.05, 0) is 44.5 Å². The van der Waals surface area contributed by atoms with Gasteiger partial charge in [0.15, 0.2) is 9.84 Å². The number of carbonyl (C=O) groups is 1. The Kier molecular flexibility index (Phi) is 6.85. The standard InChI is InChI=1S/C21H28N4O4S.ClH/c1-15-20(16(2)25(22-15)18-8-13-30(27,28)14-18)21(26)24-11-9-23(10-12-24)17-4-6-19(29-3)7-5-17;/h4-7,18H,8-14H2,1-3H3;1H. The second-order valence-electron chi connectivity index (χ2n) is 8.02. The summed E-state index contributed by atoms with van der Waals surface area (Å²) in [7, 11) is -1.36. The largest absolute Gasteiger partial charge is 0.497 e. The van der Waals surface area contributed by atoms with Crippen molar-refractivity contribution in [3.63, 3.8) is 0 Å². The Bertz CT molecular complexity index is 1040. The van der Waals surface area contributed by atoms with Crippen molar-refractivity contribution in [2.24, 2.45) is 0 Å². The highest BCUT2D eigenvalue weighted by Gasteiger charge is 2.33. The second-order valence-corrected chi connectivity index (χ2v) is 10.3. The van der Waals surface area contributed by atoms with Crippen molar-refractivity contribution in [2.75, 3.05) is 49.7 Å². The normalized spacial score (nSPS) is 20.4. The number of hydrogen-bond acceptors (Lipinski definition) is 6. The first kappa shape index (κ1) is 23.4. The molecule has 8 nitrogen and oxygen atoms in total. The Hall–Kier alpha value is -2.26. The highest BCUT2D eigenvalue weighted by atomic mass is 35.5. The number of aromatic nitrogens is 2. The number of hydrogen-bond donors (Lipinski definition) is 0. The lowest BCUT2D eigenvalue weighted by atomic mass is 10.1. The van der Waals surface area contributed by atoms with Crippen molar-refractivity contribution in [1.82, 2.24) is 14.7 Å². The molecular formula is C21H29ClN4O4S. The zero-order chi connectivity index (χ0) is 21.5. The van der Waals surface area contributed by atoms with Crippen molar-refractivity contribution < 1.29 is 17.9 Å². The average molecular weight is 469 g/mol. The van der Waals surface area contributed by atoms with Crippen LogP contribution in [-0.2, 0) is 9.84 Å². The van der Waals surface area contributed by atoms with Gasteiger partial charge in [0, 0.05) is 37.6 Å². The molecule has 2 aliphatic rings. The quantitative estimate of drug-likeness (QED) is 0.684. The lowest BCUT2D eigenvalue weighted by Crippen LogP contribution is -2.49. The number of ether oxygens (including phenoxy) is 1. The maximum absolute atomic E-state index is 13.2. The molecule has 1 aromatic carbocycles. The zero-order valence-corrected chi connectivity index (χ0v) is 19.7. The van der Waals surface area contributed by atoms with Crippen LogP contribution in [0, 0.1) is 13.8 Å². The van der Waals surface area contributed by atoms with Gasteiger partial charge >= 0.3 is 0 Å². The van der Waals surface area contributed by atoms with Gasteiger partial charge in [-0.15, -0.1) is 12.4 Å². The van der Waals surface area contributed by atoms with Gasteiger partial charge in [-0.2, -0.15) is 5.10 Å². The third kappa shape index (κ3) is 4.67. The Morgan fingerprint density at radius 1 is 1.10 bits per heavy atom. The number of piperazine rings is 1. The molecule has 3 heterocycles. The minimum Gasteiger partial charge on any atom is -0.497 e. The summed E-state index contributed by atoms with van der Waals surface area (Å²) in [5, 5.41) is 4.53. The minimum absolute atomic E-state index is 0. The monoisotopic (exact) mass is 468 g/mol. The zero-order valence-electron chi connectivity index (χ0n) is 18.1. The first-order valence-electron chi connectivity index (χ1n) is 10.2. The summed E-state index contributed by atoms with van der Waals surface area (Å²) in [6.45, 7) is 6.47. The van der Waals surface area contributed by atoms with E-state index in [0.29, 0.717) is 30.8 Å². The number of sulfone groups is 1. The number of carbonyl (C=O) groups excluding carboxylic acids is 1. The summed E-state index contributed by atoms with van der Waals surface area (Å²) in [5.74, 6) is 1.09. The van der Waals surface area contributed by atoms with Gasteiger partial charge in [-0.1, -0.05) is 0 Å². The van der Waals surface area contributed by atoms with E-state index in [1.165, 1.54) is 0 Å². The summed E-state index contributed by atoms with van der Waals surface area (Å²) in [4.78, 5) is 17.4. The predicted molar refractivity (Wildman–Crippen MR) is 122 cm³/mol. The van der Waals surface area contributed by atoms with E-state index in [1.54, 1.807) is 11.8 Å². The molecule has 2 saturated heterocycles. The van der Waals surface area contributed by atoms with E-state index in [9.17, 15) is 13.2 Å². The molecule has 0 radical (unpaired) electrons. The molecule has 2 aromatic rings. The number of halogens is 1. The highest BCUT2D eigenvalue weighted by molar-refractivity contribution is 7.91. The highest BCUT2D eigenvalue weighted by Crippen LogP contribution is 2.28. The lowest BCUT2D eigenvalue weighted by Gasteiger charge is -2.36. The number of aryl methyl sites for hydroxylation is 1. The van der Waals surface area contributed by atoms with E-state index in [4.69, 9.17) is 4.74 Å². The maximum Gasteiger partial charge on any atom is 0.257 e. The predicted octanol–water partition coefficient (Wildman–Crippen LogP) is 2.25. The molecule has 0 N–H and O–H groups in total.